The van der Waals surface area contributed by atoms with Crippen LogP contribution in [0, 0.1) is 0 Å². The van der Waals surface area contributed by atoms with Gasteiger partial charge in [0.2, 0.25) is 17.7 Å². The molecule has 3 aromatic rings. The molecule has 9 nitrogen and oxygen atoms in total. The van der Waals surface area contributed by atoms with E-state index in [1.54, 1.807) is 12.3 Å². The van der Waals surface area contributed by atoms with Gasteiger partial charge in [-0.3, -0.25) is 34.2 Å². The Morgan fingerprint density at radius 2 is 1.80 bits per heavy atom. The molecule has 1 fully saturated rings. The van der Waals surface area contributed by atoms with Crippen molar-refractivity contribution < 1.29 is 24.0 Å². The Bertz CT molecular complexity index is 1370. The van der Waals surface area contributed by atoms with E-state index in [0.717, 1.165) is 21.8 Å². The molecule has 0 radical (unpaired) electrons. The van der Waals surface area contributed by atoms with Crippen molar-refractivity contribution >= 4 is 46.0 Å². The molecule has 5 amide bonds. The summed E-state index contributed by atoms with van der Waals surface area (Å²) in [5.74, 6) is -2.57. The lowest BCUT2D eigenvalue weighted by molar-refractivity contribution is -0.136. The van der Waals surface area contributed by atoms with E-state index in [-0.39, 0.29) is 36.3 Å². The van der Waals surface area contributed by atoms with Crippen molar-refractivity contribution in [1.29, 1.82) is 0 Å². The molecular weight excluding hydrogens is 468 g/mol. The van der Waals surface area contributed by atoms with Gasteiger partial charge in [-0.2, -0.15) is 0 Å². The van der Waals surface area contributed by atoms with Gasteiger partial charge >= 0.3 is 0 Å². The molecule has 1 saturated heterocycles. The lowest BCUT2D eigenvalue weighted by atomic mass is 10.0. The smallest absolute Gasteiger partial charge is 0.262 e. The summed E-state index contributed by atoms with van der Waals surface area (Å²) in [6, 6.07) is 13.5. The Balaban J connectivity index is 1.25. The van der Waals surface area contributed by atoms with Crippen molar-refractivity contribution in [3.63, 3.8) is 0 Å². The molecule has 5 rings (SSSR count). The van der Waals surface area contributed by atoms with Gasteiger partial charge < -0.3 is 5.32 Å². The molecule has 2 aliphatic heterocycles. The number of imide groups is 2. The number of carbonyl (C=O) groups excluding carboxylic acids is 5. The average Bonchev–Trinajstić information content (AvgIpc) is 3.36. The molecule has 10 heteroatoms. The van der Waals surface area contributed by atoms with Crippen LogP contribution < -0.4 is 10.6 Å². The second-order valence-electron chi connectivity index (χ2n) is 8.35. The average molecular weight is 489 g/mol. The first-order chi connectivity index (χ1) is 16.9. The summed E-state index contributed by atoms with van der Waals surface area (Å²) >= 11 is 1.39. The number of thiazole rings is 1. The lowest BCUT2D eigenvalue weighted by Crippen LogP contribution is -2.54. The summed E-state index contributed by atoms with van der Waals surface area (Å²) in [6.45, 7) is 0. The highest BCUT2D eigenvalue weighted by atomic mass is 32.1. The summed E-state index contributed by atoms with van der Waals surface area (Å²) in [7, 11) is 0. The molecule has 1 unspecified atom stereocenters. The largest absolute Gasteiger partial charge is 0.302 e. The quantitative estimate of drug-likeness (QED) is 0.513. The molecular formula is C25H20N4O5S. The summed E-state index contributed by atoms with van der Waals surface area (Å²) < 4.78 is 0. The molecule has 1 aromatic heterocycles. The fourth-order valence-electron chi connectivity index (χ4n) is 4.22. The van der Waals surface area contributed by atoms with Crippen LogP contribution in [0.1, 0.15) is 49.6 Å². The number of benzene rings is 2. The molecule has 0 saturated carbocycles. The van der Waals surface area contributed by atoms with Crippen LogP contribution >= 0.6 is 11.3 Å². The van der Waals surface area contributed by atoms with Crippen molar-refractivity contribution in [2.75, 3.05) is 5.32 Å². The molecule has 35 heavy (non-hydrogen) atoms. The second kappa shape index (κ2) is 9.22. The first-order valence-electron chi connectivity index (χ1n) is 11.0. The van der Waals surface area contributed by atoms with Gasteiger partial charge in [-0.15, -0.1) is 11.3 Å². The van der Waals surface area contributed by atoms with Crippen LogP contribution in [0.25, 0.3) is 0 Å². The van der Waals surface area contributed by atoms with Crippen molar-refractivity contribution in [3.8, 4) is 0 Å². The van der Waals surface area contributed by atoms with Gasteiger partial charge in [0, 0.05) is 23.9 Å². The van der Waals surface area contributed by atoms with E-state index < -0.39 is 29.7 Å². The highest BCUT2D eigenvalue weighted by molar-refractivity contribution is 7.15. The van der Waals surface area contributed by atoms with Crippen LogP contribution in [0.5, 0.6) is 0 Å². The monoisotopic (exact) mass is 488 g/mol. The van der Waals surface area contributed by atoms with Gasteiger partial charge in [0.1, 0.15) is 6.04 Å². The third kappa shape index (κ3) is 4.60. The van der Waals surface area contributed by atoms with E-state index in [1.807, 2.05) is 30.3 Å². The normalized spacial score (nSPS) is 17.4. The predicted molar refractivity (Wildman–Crippen MR) is 127 cm³/mol. The predicted octanol–water partition coefficient (Wildman–Crippen LogP) is 2.32. The van der Waals surface area contributed by atoms with E-state index in [0.29, 0.717) is 10.7 Å². The van der Waals surface area contributed by atoms with Gasteiger partial charge in [-0.25, -0.2) is 4.98 Å². The summed E-state index contributed by atoms with van der Waals surface area (Å²) in [5.41, 5.74) is 2.02. The number of amides is 5. The zero-order chi connectivity index (χ0) is 24.5. The van der Waals surface area contributed by atoms with Crippen LogP contribution in [0.2, 0.25) is 0 Å². The Morgan fingerprint density at radius 1 is 1.03 bits per heavy atom. The van der Waals surface area contributed by atoms with Gasteiger partial charge in [0.05, 0.1) is 17.5 Å². The Kier molecular flexibility index (Phi) is 5.96. The molecule has 0 spiro atoms. The summed E-state index contributed by atoms with van der Waals surface area (Å²) in [5, 5.41) is 5.43. The van der Waals surface area contributed by atoms with Crippen LogP contribution in [0.3, 0.4) is 0 Å². The first-order valence-corrected chi connectivity index (χ1v) is 11.8. The molecule has 176 valence electrons. The molecule has 0 aliphatic carbocycles. The topological polar surface area (TPSA) is 126 Å². The van der Waals surface area contributed by atoms with Gasteiger partial charge in [-0.05, 0) is 29.7 Å². The summed E-state index contributed by atoms with van der Waals surface area (Å²) in [6.07, 6.45) is 2.58. The zero-order valence-electron chi connectivity index (χ0n) is 18.4. The number of fused-ring (bicyclic) bond motifs is 1. The van der Waals surface area contributed by atoms with E-state index in [2.05, 4.69) is 15.6 Å². The van der Waals surface area contributed by atoms with Crippen LogP contribution in [-0.4, -0.2) is 45.5 Å². The minimum Gasteiger partial charge on any atom is -0.302 e. The molecule has 3 heterocycles. The zero-order valence-corrected chi connectivity index (χ0v) is 19.3. The molecule has 2 aliphatic rings. The molecule has 0 bridgehead atoms. The standard InChI is InChI=1S/C25H20N4O5S/c30-20-9-8-19(22(32)27-20)29-23(33)17-7-6-15(11-18(17)24(29)34)12-21(31)28-25-26-13-16(35-25)10-14-4-2-1-3-5-14/h1-7,11,13,19H,8-10,12H2,(H,26,28,31)(H,27,30,32). The first kappa shape index (κ1) is 22.6. The number of hydrogen-bond acceptors (Lipinski definition) is 7. The van der Waals surface area contributed by atoms with E-state index in [9.17, 15) is 24.0 Å². The van der Waals surface area contributed by atoms with Crippen molar-refractivity contribution in [1.82, 2.24) is 15.2 Å². The highest BCUT2D eigenvalue weighted by Gasteiger charge is 2.44. The minimum atomic E-state index is -1.03. The van der Waals surface area contributed by atoms with Crippen molar-refractivity contribution in [2.45, 2.75) is 31.7 Å². The van der Waals surface area contributed by atoms with Crippen molar-refractivity contribution in [2.24, 2.45) is 0 Å². The number of nitrogens with one attached hydrogen (secondary N) is 2. The fraction of sp³-hybridized carbons (Fsp3) is 0.200. The number of piperidine rings is 1. The highest BCUT2D eigenvalue weighted by Crippen LogP contribution is 2.28. The van der Waals surface area contributed by atoms with E-state index in [1.165, 1.54) is 23.5 Å². The molecule has 2 N–H and O–H groups in total. The number of nitrogens with zero attached hydrogens (tertiary/aromatic N) is 2. The number of aromatic nitrogens is 1. The maximum absolute atomic E-state index is 12.9. The Morgan fingerprint density at radius 3 is 2.57 bits per heavy atom. The Labute approximate surface area is 204 Å². The minimum absolute atomic E-state index is 0.0131. The molecule has 1 atom stereocenters. The van der Waals surface area contributed by atoms with Gasteiger partial charge in [0.25, 0.3) is 11.8 Å². The van der Waals surface area contributed by atoms with Gasteiger partial charge in [-0.1, -0.05) is 36.4 Å². The maximum Gasteiger partial charge on any atom is 0.262 e. The van der Waals surface area contributed by atoms with E-state index >= 15 is 0 Å². The van der Waals surface area contributed by atoms with Crippen LogP contribution in [0.4, 0.5) is 5.13 Å². The molecule has 2 aromatic carbocycles. The second-order valence-corrected chi connectivity index (χ2v) is 9.46. The number of hydrogen-bond donors (Lipinski definition) is 2. The van der Waals surface area contributed by atoms with Crippen molar-refractivity contribution in [3.05, 3.63) is 81.9 Å². The SMILES string of the molecule is O=C1CCC(N2C(=O)c3ccc(CC(=O)Nc4ncc(Cc5ccccc5)s4)cc3C2=O)C(=O)N1. The third-order valence-corrected chi connectivity index (χ3v) is 6.80. The maximum atomic E-state index is 12.9. The number of anilines is 1. The van der Waals surface area contributed by atoms with E-state index in [4.69, 9.17) is 0 Å². The Hall–Kier alpha value is -4.18. The number of rotatable bonds is 6. The number of carbonyl (C=O) groups is 5. The van der Waals surface area contributed by atoms with Gasteiger partial charge in [0.15, 0.2) is 5.13 Å². The fourth-order valence-corrected chi connectivity index (χ4v) is 5.08. The van der Waals surface area contributed by atoms with Crippen LogP contribution in [-0.2, 0) is 27.2 Å². The lowest BCUT2D eigenvalue weighted by Gasteiger charge is -2.27. The third-order valence-electron chi connectivity index (χ3n) is 5.89. The summed E-state index contributed by atoms with van der Waals surface area (Å²) in [4.78, 5) is 68.1. The van der Waals surface area contributed by atoms with Crippen LogP contribution in [0.15, 0.2) is 54.7 Å².